The van der Waals surface area contributed by atoms with Crippen LogP contribution in [0.1, 0.15) is 23.9 Å². The van der Waals surface area contributed by atoms with Gasteiger partial charge in [0.05, 0.1) is 18.9 Å². The molecule has 3 N–H and O–H groups in total. The van der Waals surface area contributed by atoms with E-state index in [1.807, 2.05) is 49.4 Å². The second-order valence-corrected chi connectivity index (χ2v) is 6.69. The van der Waals surface area contributed by atoms with Crippen molar-refractivity contribution < 1.29 is 19.9 Å². The van der Waals surface area contributed by atoms with Crippen LogP contribution in [0.25, 0.3) is 5.69 Å². The van der Waals surface area contributed by atoms with Crippen LogP contribution >= 0.6 is 0 Å². The lowest BCUT2D eigenvalue weighted by Crippen LogP contribution is -2.84. The SMILES string of the molecule is COc1cc(C[NH2+]C[C@H](C)O)ccc1OCc1nnnn1-c1ccc(C)cc1. The molecule has 0 aliphatic heterocycles. The lowest BCUT2D eigenvalue weighted by atomic mass is 10.2. The molecule has 0 saturated carbocycles. The molecule has 2 aromatic carbocycles. The number of aryl methyl sites for hydroxylation is 1. The van der Waals surface area contributed by atoms with Gasteiger partial charge in [0.2, 0.25) is 0 Å². The van der Waals surface area contributed by atoms with Crippen LogP contribution in [0.3, 0.4) is 0 Å². The van der Waals surface area contributed by atoms with E-state index in [9.17, 15) is 5.11 Å². The lowest BCUT2D eigenvalue weighted by Gasteiger charge is -2.12. The van der Waals surface area contributed by atoms with Gasteiger partial charge in [0, 0.05) is 5.56 Å². The number of nitrogens with two attached hydrogens (primary N) is 1. The number of methoxy groups -OCH3 is 1. The van der Waals surface area contributed by atoms with Gasteiger partial charge in [0.15, 0.2) is 23.9 Å². The minimum Gasteiger partial charge on any atom is -0.493 e. The van der Waals surface area contributed by atoms with Gasteiger partial charge in [-0.05, 0) is 54.6 Å². The van der Waals surface area contributed by atoms with Crippen LogP contribution in [0, 0.1) is 6.92 Å². The molecule has 0 radical (unpaired) electrons. The van der Waals surface area contributed by atoms with Crippen LogP contribution in [0.5, 0.6) is 11.5 Å². The summed E-state index contributed by atoms with van der Waals surface area (Å²) in [5, 5.41) is 23.3. The molecule has 0 aliphatic carbocycles. The summed E-state index contributed by atoms with van der Waals surface area (Å²) >= 11 is 0. The first-order valence-electron chi connectivity index (χ1n) is 9.20. The highest BCUT2D eigenvalue weighted by Gasteiger charge is 2.12. The third-order valence-electron chi connectivity index (χ3n) is 4.29. The molecule has 3 rings (SSSR count). The van der Waals surface area contributed by atoms with E-state index in [2.05, 4.69) is 20.8 Å². The van der Waals surface area contributed by atoms with E-state index in [1.54, 1.807) is 18.7 Å². The first kappa shape index (κ1) is 19.8. The van der Waals surface area contributed by atoms with Crippen LogP contribution in [0.4, 0.5) is 0 Å². The fourth-order valence-electron chi connectivity index (χ4n) is 2.77. The minimum atomic E-state index is -0.330. The number of hydrogen-bond donors (Lipinski definition) is 2. The van der Waals surface area contributed by atoms with E-state index in [1.165, 1.54) is 5.56 Å². The van der Waals surface area contributed by atoms with E-state index >= 15 is 0 Å². The summed E-state index contributed by atoms with van der Waals surface area (Å²) < 4.78 is 13.0. The smallest absolute Gasteiger partial charge is 0.194 e. The summed E-state index contributed by atoms with van der Waals surface area (Å²) in [6.45, 7) is 5.43. The van der Waals surface area contributed by atoms with Gasteiger partial charge in [-0.3, -0.25) is 0 Å². The third-order valence-corrected chi connectivity index (χ3v) is 4.29. The van der Waals surface area contributed by atoms with Crippen molar-refractivity contribution in [3.05, 3.63) is 59.4 Å². The molecule has 0 bridgehead atoms. The predicted molar refractivity (Wildman–Crippen MR) is 103 cm³/mol. The molecule has 8 nitrogen and oxygen atoms in total. The zero-order chi connectivity index (χ0) is 19.9. The third kappa shape index (κ3) is 5.05. The second kappa shape index (κ2) is 9.29. The van der Waals surface area contributed by atoms with E-state index in [0.717, 1.165) is 17.8 Å². The first-order valence-corrected chi connectivity index (χ1v) is 9.20. The topological polar surface area (TPSA) is 98.9 Å². The van der Waals surface area contributed by atoms with Gasteiger partial charge >= 0.3 is 0 Å². The highest BCUT2D eigenvalue weighted by Crippen LogP contribution is 2.28. The van der Waals surface area contributed by atoms with Crippen molar-refractivity contribution in [2.75, 3.05) is 13.7 Å². The van der Waals surface area contributed by atoms with Crippen molar-refractivity contribution in [1.82, 2.24) is 20.2 Å². The molecule has 0 spiro atoms. The zero-order valence-electron chi connectivity index (χ0n) is 16.4. The van der Waals surface area contributed by atoms with Crippen LogP contribution in [-0.2, 0) is 13.2 Å². The first-order chi connectivity index (χ1) is 13.6. The van der Waals surface area contributed by atoms with Gasteiger partial charge in [-0.15, -0.1) is 5.10 Å². The minimum absolute atomic E-state index is 0.213. The number of ether oxygens (including phenoxy) is 2. The summed E-state index contributed by atoms with van der Waals surface area (Å²) in [7, 11) is 1.61. The molecule has 1 heterocycles. The molecule has 0 saturated heterocycles. The van der Waals surface area contributed by atoms with Crippen LogP contribution in [-0.4, -0.2) is 45.1 Å². The average molecular weight is 384 g/mol. The van der Waals surface area contributed by atoms with Gasteiger partial charge in [-0.1, -0.05) is 17.7 Å². The van der Waals surface area contributed by atoms with Crippen molar-refractivity contribution in [3.8, 4) is 17.2 Å². The molecule has 1 atom stereocenters. The highest BCUT2D eigenvalue weighted by molar-refractivity contribution is 5.43. The van der Waals surface area contributed by atoms with Crippen LogP contribution < -0.4 is 14.8 Å². The van der Waals surface area contributed by atoms with Gasteiger partial charge in [0.1, 0.15) is 13.1 Å². The fourth-order valence-corrected chi connectivity index (χ4v) is 2.77. The van der Waals surface area contributed by atoms with Crippen molar-refractivity contribution >= 4 is 0 Å². The summed E-state index contributed by atoms with van der Waals surface area (Å²) in [6, 6.07) is 13.8. The Bertz CT molecular complexity index is 893. The molecule has 28 heavy (non-hydrogen) atoms. The Labute approximate surface area is 164 Å². The number of aromatic nitrogens is 4. The Kier molecular flexibility index (Phi) is 6.57. The molecule has 1 aromatic heterocycles. The number of benzene rings is 2. The van der Waals surface area contributed by atoms with Crippen molar-refractivity contribution in [3.63, 3.8) is 0 Å². The van der Waals surface area contributed by atoms with Gasteiger partial charge in [-0.2, -0.15) is 4.68 Å². The maximum Gasteiger partial charge on any atom is 0.194 e. The van der Waals surface area contributed by atoms with E-state index < -0.39 is 0 Å². The number of aliphatic hydroxyl groups is 1. The number of aliphatic hydroxyl groups excluding tert-OH is 1. The average Bonchev–Trinajstić information content (AvgIpc) is 3.15. The zero-order valence-corrected chi connectivity index (χ0v) is 16.4. The number of tetrazole rings is 1. The quantitative estimate of drug-likeness (QED) is 0.571. The summed E-state index contributed by atoms with van der Waals surface area (Å²) in [5.74, 6) is 1.87. The number of rotatable bonds is 9. The fraction of sp³-hybridized carbons (Fsp3) is 0.350. The molecule has 0 aliphatic rings. The van der Waals surface area contributed by atoms with Crippen molar-refractivity contribution in [2.45, 2.75) is 33.1 Å². The molecule has 0 fully saturated rings. The lowest BCUT2D eigenvalue weighted by molar-refractivity contribution is -0.676. The summed E-state index contributed by atoms with van der Waals surface area (Å²) in [5.41, 5.74) is 3.14. The largest absolute Gasteiger partial charge is 0.493 e. The molecular formula is C20H26N5O3+. The van der Waals surface area contributed by atoms with E-state index in [-0.39, 0.29) is 12.7 Å². The number of nitrogens with zero attached hydrogens (tertiary/aromatic N) is 4. The predicted octanol–water partition coefficient (Wildman–Crippen LogP) is 1.00. The molecule has 8 heteroatoms. The highest BCUT2D eigenvalue weighted by atomic mass is 16.5. The summed E-state index contributed by atoms with van der Waals surface area (Å²) in [6.07, 6.45) is -0.330. The van der Waals surface area contributed by atoms with Crippen molar-refractivity contribution in [2.24, 2.45) is 0 Å². The Balaban J connectivity index is 1.68. The van der Waals surface area contributed by atoms with Gasteiger partial charge in [-0.25, -0.2) is 0 Å². The second-order valence-electron chi connectivity index (χ2n) is 6.69. The van der Waals surface area contributed by atoms with Crippen molar-refractivity contribution in [1.29, 1.82) is 0 Å². The molecular weight excluding hydrogens is 358 g/mol. The standard InChI is InChI=1S/C20H25N5O3/c1-14-4-7-17(8-5-14)25-20(22-23-24-25)13-28-18-9-6-16(10-19(18)27-3)12-21-11-15(2)26/h4-10,15,21,26H,11-13H2,1-3H3/p+1/t15-/m0/s1. The Morgan fingerprint density at radius 1 is 1.14 bits per heavy atom. The van der Waals surface area contributed by atoms with E-state index in [0.29, 0.717) is 23.9 Å². The maximum absolute atomic E-state index is 9.36. The van der Waals surface area contributed by atoms with Crippen LogP contribution in [0.15, 0.2) is 42.5 Å². The van der Waals surface area contributed by atoms with Gasteiger partial charge in [0.25, 0.3) is 0 Å². The molecule has 3 aromatic rings. The Hall–Kier alpha value is -2.97. The Morgan fingerprint density at radius 2 is 1.93 bits per heavy atom. The van der Waals surface area contributed by atoms with E-state index in [4.69, 9.17) is 9.47 Å². The number of quaternary nitrogens is 1. The maximum atomic E-state index is 9.36. The molecule has 148 valence electrons. The molecule has 0 unspecified atom stereocenters. The van der Waals surface area contributed by atoms with Gasteiger partial charge < -0.3 is 19.9 Å². The monoisotopic (exact) mass is 384 g/mol. The Morgan fingerprint density at radius 3 is 2.64 bits per heavy atom. The van der Waals surface area contributed by atoms with Crippen LogP contribution in [0.2, 0.25) is 0 Å². The molecule has 0 amide bonds. The summed E-state index contributed by atoms with van der Waals surface area (Å²) in [4.78, 5) is 0. The normalized spacial score (nSPS) is 12.0. The number of hydrogen-bond acceptors (Lipinski definition) is 6.